The first-order valence-corrected chi connectivity index (χ1v) is 4.15. The van der Waals surface area contributed by atoms with Crippen molar-refractivity contribution in [1.29, 1.82) is 0 Å². The molecule has 0 aliphatic heterocycles. The van der Waals surface area contributed by atoms with Crippen LogP contribution in [0.5, 0.6) is 0 Å². The third-order valence-electron chi connectivity index (χ3n) is 2.07. The zero-order valence-electron chi connectivity index (χ0n) is 7.12. The lowest BCUT2D eigenvalue weighted by atomic mass is 10.1. The molecule has 1 heteroatoms. The lowest BCUT2D eigenvalue weighted by Crippen LogP contribution is -1.88. The van der Waals surface area contributed by atoms with Crippen LogP contribution in [0.1, 0.15) is 18.2 Å². The smallest absolute Gasteiger partial charge is 0.0664 e. The molecule has 1 aliphatic carbocycles. The summed E-state index contributed by atoms with van der Waals surface area (Å²) in [5, 5.41) is 0. The van der Waals surface area contributed by atoms with Crippen LogP contribution in [0.25, 0.3) is 6.08 Å². The molecule has 0 atom stereocenters. The summed E-state index contributed by atoms with van der Waals surface area (Å²) >= 11 is 0. The van der Waals surface area contributed by atoms with Gasteiger partial charge in [-0.15, -0.1) is 0 Å². The fraction of sp³-hybridized carbons (Fsp3) is 0.182. The van der Waals surface area contributed by atoms with Gasteiger partial charge < -0.3 is 0 Å². The number of hydrogen-bond donors (Lipinski definition) is 0. The van der Waals surface area contributed by atoms with Crippen LogP contribution >= 0.6 is 0 Å². The van der Waals surface area contributed by atoms with Gasteiger partial charge >= 0.3 is 0 Å². The fourth-order valence-corrected chi connectivity index (χ4v) is 1.32. The highest BCUT2D eigenvalue weighted by Gasteiger charge is 2.00. The van der Waals surface area contributed by atoms with Crippen LogP contribution in [0.15, 0.2) is 36.1 Å². The number of rotatable bonds is 0. The molecule has 0 spiro atoms. The van der Waals surface area contributed by atoms with Gasteiger partial charge in [-0.05, 0) is 31.1 Å². The van der Waals surface area contributed by atoms with E-state index in [0.29, 0.717) is 0 Å². The topological polar surface area (TPSA) is 12.9 Å². The lowest BCUT2D eigenvalue weighted by molar-refractivity contribution is 1.17. The molecule has 0 aromatic carbocycles. The van der Waals surface area contributed by atoms with Crippen LogP contribution in [0.4, 0.5) is 0 Å². The van der Waals surface area contributed by atoms with Crippen molar-refractivity contribution in [3.8, 4) is 0 Å². The van der Waals surface area contributed by atoms with E-state index in [9.17, 15) is 0 Å². The van der Waals surface area contributed by atoms with Crippen LogP contribution in [0, 0.1) is 0 Å². The highest BCUT2D eigenvalue weighted by molar-refractivity contribution is 5.55. The van der Waals surface area contributed by atoms with Gasteiger partial charge in [0.25, 0.3) is 0 Å². The Kier molecular flexibility index (Phi) is 1.78. The molecule has 12 heavy (non-hydrogen) atoms. The van der Waals surface area contributed by atoms with Crippen molar-refractivity contribution < 1.29 is 0 Å². The Morgan fingerprint density at radius 2 is 2.25 bits per heavy atom. The van der Waals surface area contributed by atoms with E-state index in [4.69, 9.17) is 0 Å². The molecule has 0 fully saturated rings. The van der Waals surface area contributed by atoms with Gasteiger partial charge in [0.15, 0.2) is 0 Å². The minimum Gasteiger partial charge on any atom is -0.257 e. The second kappa shape index (κ2) is 2.94. The van der Waals surface area contributed by atoms with Gasteiger partial charge in [-0.25, -0.2) is 0 Å². The molecule has 0 radical (unpaired) electrons. The van der Waals surface area contributed by atoms with Gasteiger partial charge in [-0.2, -0.15) is 0 Å². The Hall–Kier alpha value is -1.37. The van der Waals surface area contributed by atoms with Crippen molar-refractivity contribution in [2.75, 3.05) is 0 Å². The van der Waals surface area contributed by atoms with Gasteiger partial charge in [0.2, 0.25) is 0 Å². The number of hydrogen-bond acceptors (Lipinski definition) is 1. The molecule has 0 N–H and O–H groups in total. The lowest BCUT2D eigenvalue weighted by Gasteiger charge is -1.98. The van der Waals surface area contributed by atoms with Crippen molar-refractivity contribution in [2.45, 2.75) is 13.3 Å². The minimum atomic E-state index is 1.00. The second-order valence-corrected chi connectivity index (χ2v) is 3.03. The predicted octanol–water partition coefficient (Wildman–Crippen LogP) is 2.60. The quantitative estimate of drug-likeness (QED) is 0.564. The second-order valence-electron chi connectivity index (χ2n) is 3.03. The van der Waals surface area contributed by atoms with E-state index in [0.717, 1.165) is 12.1 Å². The molecular weight excluding hydrogens is 146 g/mol. The third kappa shape index (κ3) is 1.30. The van der Waals surface area contributed by atoms with E-state index >= 15 is 0 Å². The molecular formula is C11H11N. The van der Waals surface area contributed by atoms with Crippen molar-refractivity contribution in [2.24, 2.45) is 0 Å². The van der Waals surface area contributed by atoms with Crippen LogP contribution < -0.4 is 0 Å². The maximum absolute atomic E-state index is 4.29. The van der Waals surface area contributed by atoms with Gasteiger partial charge in [0.1, 0.15) is 0 Å². The van der Waals surface area contributed by atoms with E-state index < -0.39 is 0 Å². The summed E-state index contributed by atoms with van der Waals surface area (Å²) in [7, 11) is 0. The van der Waals surface area contributed by atoms with E-state index in [1.165, 1.54) is 11.1 Å². The summed E-state index contributed by atoms with van der Waals surface area (Å²) < 4.78 is 0. The van der Waals surface area contributed by atoms with Gasteiger partial charge in [0.05, 0.1) is 5.69 Å². The van der Waals surface area contributed by atoms with Crippen molar-refractivity contribution in [1.82, 2.24) is 4.98 Å². The van der Waals surface area contributed by atoms with Crippen LogP contribution in [-0.2, 0) is 6.42 Å². The summed E-state index contributed by atoms with van der Waals surface area (Å²) in [5.41, 5.74) is 3.73. The van der Waals surface area contributed by atoms with Crippen molar-refractivity contribution in [3.63, 3.8) is 0 Å². The van der Waals surface area contributed by atoms with Gasteiger partial charge in [0, 0.05) is 6.20 Å². The Labute approximate surface area is 72.5 Å². The maximum Gasteiger partial charge on any atom is 0.0664 e. The molecule has 0 unspecified atom stereocenters. The Morgan fingerprint density at radius 3 is 3.17 bits per heavy atom. The van der Waals surface area contributed by atoms with E-state index in [1.54, 1.807) is 0 Å². The highest BCUT2D eigenvalue weighted by Crippen LogP contribution is 2.14. The maximum atomic E-state index is 4.29. The first-order valence-electron chi connectivity index (χ1n) is 4.15. The summed E-state index contributed by atoms with van der Waals surface area (Å²) in [6.45, 7) is 2.11. The first-order chi connectivity index (χ1) is 5.86. The molecule has 1 aliphatic rings. The SMILES string of the molecule is CC1=CCc2cccnc2C=C1. The summed E-state index contributed by atoms with van der Waals surface area (Å²) in [6, 6.07) is 4.11. The molecule has 2 rings (SSSR count). The molecule has 1 nitrogen and oxygen atoms in total. The summed E-state index contributed by atoms with van der Waals surface area (Å²) in [4.78, 5) is 4.29. The van der Waals surface area contributed by atoms with E-state index in [-0.39, 0.29) is 0 Å². The van der Waals surface area contributed by atoms with E-state index in [2.05, 4.69) is 36.2 Å². The minimum absolute atomic E-state index is 1.00. The van der Waals surface area contributed by atoms with E-state index in [1.807, 2.05) is 12.3 Å². The average Bonchev–Trinajstić information content (AvgIpc) is 2.29. The number of allylic oxidation sites excluding steroid dienone is 3. The molecule has 0 saturated heterocycles. The number of pyridine rings is 1. The molecule has 1 aromatic rings. The monoisotopic (exact) mass is 157 g/mol. The highest BCUT2D eigenvalue weighted by atomic mass is 14.7. The third-order valence-corrected chi connectivity index (χ3v) is 2.07. The molecule has 1 aromatic heterocycles. The zero-order valence-corrected chi connectivity index (χ0v) is 7.12. The number of fused-ring (bicyclic) bond motifs is 1. The molecule has 0 amide bonds. The average molecular weight is 157 g/mol. The Morgan fingerprint density at radius 1 is 1.33 bits per heavy atom. The normalized spacial score (nSPS) is 14.9. The van der Waals surface area contributed by atoms with Gasteiger partial charge in [-0.1, -0.05) is 23.8 Å². The molecule has 1 heterocycles. The Bertz CT molecular complexity index is 348. The first kappa shape index (κ1) is 7.29. The summed E-state index contributed by atoms with van der Waals surface area (Å²) in [6.07, 6.45) is 9.25. The fourth-order valence-electron chi connectivity index (χ4n) is 1.32. The largest absolute Gasteiger partial charge is 0.257 e. The molecule has 60 valence electrons. The number of aromatic nitrogens is 1. The Balaban J connectivity index is 2.48. The van der Waals surface area contributed by atoms with Crippen LogP contribution in [-0.4, -0.2) is 4.98 Å². The molecule has 0 bridgehead atoms. The van der Waals surface area contributed by atoms with Crippen LogP contribution in [0.2, 0.25) is 0 Å². The van der Waals surface area contributed by atoms with Crippen molar-refractivity contribution >= 4 is 6.08 Å². The van der Waals surface area contributed by atoms with Crippen LogP contribution in [0.3, 0.4) is 0 Å². The van der Waals surface area contributed by atoms with Crippen molar-refractivity contribution in [3.05, 3.63) is 47.3 Å². The predicted molar refractivity (Wildman–Crippen MR) is 50.7 cm³/mol. The number of nitrogens with zero attached hydrogens (tertiary/aromatic N) is 1. The summed E-state index contributed by atoms with van der Waals surface area (Å²) in [5.74, 6) is 0. The van der Waals surface area contributed by atoms with Gasteiger partial charge in [-0.3, -0.25) is 4.98 Å². The zero-order chi connectivity index (χ0) is 8.39. The standard InChI is InChI=1S/C11H11N/c1-9-4-6-10-3-2-8-12-11(10)7-5-9/h2-5,7-8H,6H2,1H3. The molecule has 0 saturated carbocycles.